The number of primary amides is 1. The minimum absolute atomic E-state index is 0.100. The molecule has 23 heavy (non-hydrogen) atoms. The molecule has 0 bridgehead atoms. The average molecular weight is 338 g/mol. The number of amides is 1. The highest BCUT2D eigenvalue weighted by atomic mass is 32.2. The van der Waals surface area contributed by atoms with Crippen molar-refractivity contribution >= 4 is 16.0 Å². The molecule has 1 amide bonds. The smallest absolute Gasteiger partial charge is 0.294 e. The minimum atomic E-state index is -4.31. The topological polar surface area (TPSA) is 140 Å². The second-order valence-electron chi connectivity index (χ2n) is 4.93. The van der Waals surface area contributed by atoms with Crippen LogP contribution in [0.2, 0.25) is 0 Å². The van der Waals surface area contributed by atoms with Crippen LogP contribution in [-0.4, -0.2) is 28.6 Å². The molecule has 0 unspecified atom stereocenters. The molecule has 0 saturated heterocycles. The van der Waals surface area contributed by atoms with E-state index in [1.165, 1.54) is 25.1 Å². The first-order valence-corrected chi connectivity index (χ1v) is 7.85. The van der Waals surface area contributed by atoms with E-state index >= 15 is 0 Å². The van der Waals surface area contributed by atoms with Crippen LogP contribution in [0.5, 0.6) is 5.88 Å². The Bertz CT molecular complexity index is 929. The number of carbonyl (C=O) groups excluding carboxylic acids is 1. The fourth-order valence-corrected chi connectivity index (χ4v) is 2.64. The molecule has 4 N–H and O–H groups in total. The first-order chi connectivity index (χ1) is 10.6. The van der Waals surface area contributed by atoms with Gasteiger partial charge in [-0.2, -0.15) is 8.42 Å². The second-order valence-corrected chi connectivity index (χ2v) is 6.36. The van der Waals surface area contributed by atoms with Crippen LogP contribution in [0.3, 0.4) is 0 Å². The lowest BCUT2D eigenvalue weighted by Crippen LogP contribution is -2.25. The Morgan fingerprint density at radius 3 is 2.30 bits per heavy atom. The van der Waals surface area contributed by atoms with Crippen LogP contribution in [0.4, 0.5) is 0 Å². The van der Waals surface area contributed by atoms with Gasteiger partial charge >= 0.3 is 0 Å². The van der Waals surface area contributed by atoms with Crippen molar-refractivity contribution in [2.45, 2.75) is 18.4 Å². The van der Waals surface area contributed by atoms with E-state index in [9.17, 15) is 23.1 Å². The van der Waals surface area contributed by atoms with Gasteiger partial charge < -0.3 is 10.8 Å². The summed E-state index contributed by atoms with van der Waals surface area (Å²) in [5, 5.41) is 10.1. The maximum absolute atomic E-state index is 12.0. The Balaban J connectivity index is 2.47. The van der Waals surface area contributed by atoms with E-state index in [0.717, 1.165) is 16.7 Å². The van der Waals surface area contributed by atoms with E-state index in [4.69, 9.17) is 10.3 Å². The van der Waals surface area contributed by atoms with Gasteiger partial charge in [-0.3, -0.25) is 18.7 Å². The summed E-state index contributed by atoms with van der Waals surface area (Å²) < 4.78 is 31.8. The number of nitrogens with zero attached hydrogens (tertiary/aromatic N) is 1. The number of rotatable bonds is 4. The van der Waals surface area contributed by atoms with Gasteiger partial charge in [0.15, 0.2) is 0 Å². The predicted octanol–water partition coefficient (Wildman–Crippen LogP) is 0.256. The minimum Gasteiger partial charge on any atom is -0.494 e. The molecule has 0 fully saturated rings. The molecule has 0 aliphatic heterocycles. The van der Waals surface area contributed by atoms with Crippen LogP contribution in [0.1, 0.15) is 21.5 Å². The second kappa shape index (κ2) is 5.86. The molecule has 2 rings (SSSR count). The van der Waals surface area contributed by atoms with E-state index in [2.05, 4.69) is 0 Å². The summed E-state index contributed by atoms with van der Waals surface area (Å²) in [4.78, 5) is 23.1. The van der Waals surface area contributed by atoms with Crippen molar-refractivity contribution < 1.29 is 22.9 Å². The van der Waals surface area contributed by atoms with Gasteiger partial charge in [0, 0.05) is 6.07 Å². The van der Waals surface area contributed by atoms with Gasteiger partial charge in [0.1, 0.15) is 5.56 Å². The quantitative estimate of drug-likeness (QED) is 0.683. The highest BCUT2D eigenvalue weighted by Crippen LogP contribution is 2.19. The zero-order chi connectivity index (χ0) is 17.4. The number of carbonyl (C=O) groups is 1. The normalized spacial score (nSPS) is 11.4. The summed E-state index contributed by atoms with van der Waals surface area (Å²) in [6, 6.07) is 6.25. The zero-order valence-corrected chi connectivity index (χ0v) is 12.9. The Kier molecular flexibility index (Phi) is 4.26. The van der Waals surface area contributed by atoms with Crippen molar-refractivity contribution in [2.75, 3.05) is 0 Å². The van der Waals surface area contributed by atoms with Crippen LogP contribution in [0, 0.1) is 6.92 Å². The van der Waals surface area contributed by atoms with Gasteiger partial charge in [-0.05, 0) is 30.2 Å². The Labute approximate surface area is 131 Å². The summed E-state index contributed by atoms with van der Waals surface area (Å²) in [5.74, 6) is -1.42. The lowest BCUT2D eigenvalue weighted by molar-refractivity contribution is 0.0995. The van der Waals surface area contributed by atoms with E-state index in [1.807, 2.05) is 0 Å². The fourth-order valence-electron chi connectivity index (χ4n) is 2.16. The molecule has 0 saturated carbocycles. The summed E-state index contributed by atoms with van der Waals surface area (Å²) >= 11 is 0. The van der Waals surface area contributed by atoms with Crippen molar-refractivity contribution in [1.82, 2.24) is 4.57 Å². The van der Waals surface area contributed by atoms with E-state index in [0.29, 0.717) is 5.56 Å². The number of aromatic nitrogens is 1. The lowest BCUT2D eigenvalue weighted by atomic mass is 10.1. The van der Waals surface area contributed by atoms with Crippen LogP contribution < -0.4 is 11.3 Å². The van der Waals surface area contributed by atoms with Gasteiger partial charge in [0.05, 0.1) is 11.4 Å². The molecule has 0 radical (unpaired) electrons. The maximum Gasteiger partial charge on any atom is 0.294 e. The molecule has 122 valence electrons. The van der Waals surface area contributed by atoms with Crippen molar-refractivity contribution in [2.24, 2.45) is 5.73 Å². The Morgan fingerprint density at radius 2 is 1.83 bits per heavy atom. The number of hydrogen-bond acceptors (Lipinski definition) is 5. The largest absolute Gasteiger partial charge is 0.494 e. The number of aromatic hydroxyl groups is 1. The molecule has 1 heterocycles. The van der Waals surface area contributed by atoms with Crippen molar-refractivity contribution in [3.63, 3.8) is 0 Å². The van der Waals surface area contributed by atoms with Gasteiger partial charge in [0.2, 0.25) is 5.88 Å². The first kappa shape index (κ1) is 16.7. The van der Waals surface area contributed by atoms with Gasteiger partial charge in [0.25, 0.3) is 21.6 Å². The Hall–Kier alpha value is -2.65. The number of nitrogens with two attached hydrogens (primary N) is 1. The molecule has 0 spiro atoms. The number of aryl methyl sites for hydroxylation is 1. The highest BCUT2D eigenvalue weighted by molar-refractivity contribution is 7.85. The monoisotopic (exact) mass is 338 g/mol. The predicted molar refractivity (Wildman–Crippen MR) is 81.0 cm³/mol. The standard InChI is InChI=1S/C14H14N2O6S/c1-8-6-11(17)16(14(19)12(8)13(15)18)7-9-2-4-10(5-3-9)23(20,21)22/h2-6,19H,7H2,1H3,(H2,15,18)(H,20,21,22). The van der Waals surface area contributed by atoms with E-state index in [1.54, 1.807) is 0 Å². The van der Waals surface area contributed by atoms with Crippen molar-refractivity contribution in [1.29, 1.82) is 0 Å². The van der Waals surface area contributed by atoms with Gasteiger partial charge in [-0.25, -0.2) is 0 Å². The molecule has 8 nitrogen and oxygen atoms in total. The summed E-state index contributed by atoms with van der Waals surface area (Å²) in [6.45, 7) is 1.38. The summed E-state index contributed by atoms with van der Waals surface area (Å²) in [6.07, 6.45) is 0. The summed E-state index contributed by atoms with van der Waals surface area (Å²) in [7, 11) is -4.31. The fraction of sp³-hybridized carbons (Fsp3) is 0.143. The van der Waals surface area contributed by atoms with Crippen LogP contribution >= 0.6 is 0 Å². The maximum atomic E-state index is 12.0. The average Bonchev–Trinajstić information content (AvgIpc) is 2.42. The summed E-state index contributed by atoms with van der Waals surface area (Å²) in [5.41, 5.74) is 5.24. The molecule has 1 aromatic carbocycles. The highest BCUT2D eigenvalue weighted by Gasteiger charge is 2.17. The zero-order valence-electron chi connectivity index (χ0n) is 12.1. The van der Waals surface area contributed by atoms with Crippen LogP contribution in [0.25, 0.3) is 0 Å². The molecule has 0 aliphatic rings. The molecular formula is C14H14N2O6S. The first-order valence-electron chi connectivity index (χ1n) is 6.41. The molecule has 1 aromatic heterocycles. The van der Waals surface area contributed by atoms with E-state index < -0.39 is 27.5 Å². The van der Waals surface area contributed by atoms with Crippen molar-refractivity contribution in [3.8, 4) is 5.88 Å². The van der Waals surface area contributed by atoms with E-state index in [-0.39, 0.29) is 22.6 Å². The molecule has 0 aliphatic carbocycles. The third-order valence-corrected chi connectivity index (χ3v) is 4.16. The SMILES string of the molecule is Cc1cc(=O)n(Cc2ccc(S(=O)(=O)O)cc2)c(O)c1C(N)=O. The van der Waals surface area contributed by atoms with Gasteiger partial charge in [-0.15, -0.1) is 0 Å². The Morgan fingerprint density at radius 1 is 1.26 bits per heavy atom. The lowest BCUT2D eigenvalue weighted by Gasteiger charge is -2.13. The number of hydrogen-bond donors (Lipinski definition) is 3. The third kappa shape index (κ3) is 3.41. The van der Waals surface area contributed by atoms with Crippen LogP contribution in [0.15, 0.2) is 40.0 Å². The van der Waals surface area contributed by atoms with Crippen LogP contribution in [-0.2, 0) is 16.7 Å². The van der Waals surface area contributed by atoms with Crippen molar-refractivity contribution in [3.05, 3.63) is 57.4 Å². The number of pyridine rings is 1. The third-order valence-electron chi connectivity index (χ3n) is 3.29. The molecule has 2 aromatic rings. The molecular weight excluding hydrogens is 324 g/mol. The number of benzene rings is 1. The van der Waals surface area contributed by atoms with Gasteiger partial charge in [-0.1, -0.05) is 12.1 Å². The molecule has 0 atom stereocenters. The molecule has 9 heteroatoms.